The van der Waals surface area contributed by atoms with Crippen LogP contribution in [0.15, 0.2) is 24.3 Å². The molecule has 1 nitrogen and oxygen atoms in total. The summed E-state index contributed by atoms with van der Waals surface area (Å²) in [6, 6.07) is 0. The first-order valence-electron chi connectivity index (χ1n) is 4.55. The Morgan fingerprint density at radius 1 is 1.50 bits per heavy atom. The first kappa shape index (κ1) is 11.2. The highest BCUT2D eigenvalue weighted by atomic mass is 16.1. The first-order valence-corrected chi connectivity index (χ1v) is 4.55. The zero-order valence-electron chi connectivity index (χ0n) is 8.05. The van der Waals surface area contributed by atoms with Crippen LogP contribution >= 0.6 is 0 Å². The van der Waals surface area contributed by atoms with Crippen molar-refractivity contribution < 1.29 is 4.79 Å². The molecule has 68 valence electrons. The summed E-state index contributed by atoms with van der Waals surface area (Å²) in [6.07, 6.45) is 7.79. The third-order valence-corrected chi connectivity index (χ3v) is 2.00. The van der Waals surface area contributed by atoms with E-state index in [9.17, 15) is 4.79 Å². The molecule has 0 aromatic rings. The lowest BCUT2D eigenvalue weighted by molar-refractivity contribution is -0.105. The lowest BCUT2D eigenvalue weighted by Crippen LogP contribution is -1.95. The van der Waals surface area contributed by atoms with Crippen LogP contribution in [0.25, 0.3) is 0 Å². The van der Waals surface area contributed by atoms with Gasteiger partial charge in [0.25, 0.3) is 0 Å². The monoisotopic (exact) mass is 166 g/mol. The first-order chi connectivity index (χ1) is 5.78. The summed E-state index contributed by atoms with van der Waals surface area (Å²) >= 11 is 0. The highest BCUT2D eigenvalue weighted by Gasteiger charge is 2.01. The van der Waals surface area contributed by atoms with Gasteiger partial charge in [-0.05, 0) is 30.8 Å². The Morgan fingerprint density at radius 2 is 2.17 bits per heavy atom. The molecule has 0 radical (unpaired) electrons. The van der Waals surface area contributed by atoms with E-state index in [1.807, 2.05) is 13.0 Å². The van der Waals surface area contributed by atoms with Crippen molar-refractivity contribution in [2.24, 2.45) is 5.92 Å². The lowest BCUT2D eigenvalue weighted by atomic mass is 9.99. The fraction of sp³-hybridized carbons (Fsp3) is 0.545. The molecular weight excluding hydrogens is 148 g/mol. The van der Waals surface area contributed by atoms with E-state index in [0.717, 1.165) is 31.1 Å². The molecule has 12 heavy (non-hydrogen) atoms. The number of carbonyl (C=O) groups is 1. The Balaban J connectivity index is 4.20. The van der Waals surface area contributed by atoms with E-state index >= 15 is 0 Å². The smallest absolute Gasteiger partial charge is 0.145 e. The molecule has 0 spiro atoms. The van der Waals surface area contributed by atoms with Crippen LogP contribution in [0.2, 0.25) is 0 Å². The van der Waals surface area contributed by atoms with Gasteiger partial charge in [0.1, 0.15) is 6.29 Å². The third kappa shape index (κ3) is 4.12. The van der Waals surface area contributed by atoms with E-state index < -0.39 is 0 Å². The molecule has 0 fully saturated rings. The van der Waals surface area contributed by atoms with Gasteiger partial charge in [-0.15, -0.1) is 6.58 Å². The maximum Gasteiger partial charge on any atom is 0.145 e. The lowest BCUT2D eigenvalue weighted by Gasteiger charge is -2.07. The van der Waals surface area contributed by atoms with Crippen LogP contribution in [-0.2, 0) is 4.79 Å². The summed E-state index contributed by atoms with van der Waals surface area (Å²) in [5, 5.41) is 0. The minimum atomic E-state index is 0.489. The Hall–Kier alpha value is -0.850. The topological polar surface area (TPSA) is 17.1 Å². The van der Waals surface area contributed by atoms with E-state index in [4.69, 9.17) is 0 Å². The van der Waals surface area contributed by atoms with Gasteiger partial charge in [0, 0.05) is 0 Å². The maximum atomic E-state index is 10.5. The van der Waals surface area contributed by atoms with Gasteiger partial charge in [-0.3, -0.25) is 4.79 Å². The number of hydrogen-bond acceptors (Lipinski definition) is 1. The van der Waals surface area contributed by atoms with Gasteiger partial charge >= 0.3 is 0 Å². The SMILES string of the molecule is C=CCC(/C=C(/C=O)CC)CC. The fourth-order valence-corrected chi connectivity index (χ4v) is 1.11. The molecule has 0 bridgehead atoms. The molecule has 0 aliphatic heterocycles. The van der Waals surface area contributed by atoms with Crippen molar-refractivity contribution in [3.63, 3.8) is 0 Å². The number of allylic oxidation sites excluding steroid dienone is 3. The summed E-state index contributed by atoms with van der Waals surface area (Å²) in [5.41, 5.74) is 0.906. The fourth-order valence-electron chi connectivity index (χ4n) is 1.11. The van der Waals surface area contributed by atoms with Crippen molar-refractivity contribution in [1.29, 1.82) is 0 Å². The predicted molar refractivity (Wildman–Crippen MR) is 53.0 cm³/mol. The van der Waals surface area contributed by atoms with Crippen LogP contribution in [0.5, 0.6) is 0 Å². The van der Waals surface area contributed by atoms with E-state index in [1.54, 1.807) is 0 Å². The van der Waals surface area contributed by atoms with Crippen LogP contribution in [0, 0.1) is 5.92 Å². The van der Waals surface area contributed by atoms with Crippen LogP contribution in [0.3, 0.4) is 0 Å². The summed E-state index contributed by atoms with van der Waals surface area (Å²) in [5.74, 6) is 0.489. The van der Waals surface area contributed by atoms with Crippen molar-refractivity contribution in [2.75, 3.05) is 0 Å². The van der Waals surface area contributed by atoms with E-state index in [-0.39, 0.29) is 0 Å². The predicted octanol–water partition coefficient (Wildman–Crippen LogP) is 3.12. The Kier molecular flexibility index (Phi) is 6.35. The minimum Gasteiger partial charge on any atom is -0.298 e. The van der Waals surface area contributed by atoms with Crippen LogP contribution in [0.1, 0.15) is 33.1 Å². The highest BCUT2D eigenvalue weighted by Crippen LogP contribution is 2.13. The minimum absolute atomic E-state index is 0.489. The van der Waals surface area contributed by atoms with E-state index in [2.05, 4.69) is 19.6 Å². The number of aldehydes is 1. The van der Waals surface area contributed by atoms with Crippen molar-refractivity contribution in [3.05, 3.63) is 24.3 Å². The van der Waals surface area contributed by atoms with Gasteiger partial charge in [-0.1, -0.05) is 26.0 Å². The Labute approximate surface area is 75.2 Å². The molecule has 0 aromatic carbocycles. The zero-order valence-corrected chi connectivity index (χ0v) is 8.05. The molecule has 0 rings (SSSR count). The molecule has 0 aliphatic carbocycles. The molecule has 1 atom stereocenters. The molecule has 0 aliphatic rings. The quantitative estimate of drug-likeness (QED) is 0.336. The van der Waals surface area contributed by atoms with Gasteiger partial charge in [0.2, 0.25) is 0 Å². The number of rotatable bonds is 6. The second-order valence-corrected chi connectivity index (χ2v) is 2.91. The molecule has 0 amide bonds. The standard InChI is InChI=1S/C11H18O/c1-4-7-10(5-2)8-11(6-3)9-12/h4,8-10H,1,5-7H2,2-3H3/b11-8+. The average Bonchev–Trinajstić information content (AvgIpc) is 2.12. The number of carbonyl (C=O) groups excluding carboxylic acids is 1. The van der Waals surface area contributed by atoms with Crippen molar-refractivity contribution in [2.45, 2.75) is 33.1 Å². The number of hydrogen-bond donors (Lipinski definition) is 0. The van der Waals surface area contributed by atoms with Gasteiger partial charge in [-0.2, -0.15) is 0 Å². The molecule has 0 saturated carbocycles. The summed E-state index contributed by atoms with van der Waals surface area (Å²) in [6.45, 7) is 7.82. The van der Waals surface area contributed by atoms with Crippen LogP contribution in [0.4, 0.5) is 0 Å². The Morgan fingerprint density at radius 3 is 2.50 bits per heavy atom. The summed E-state index contributed by atoms with van der Waals surface area (Å²) in [7, 11) is 0. The van der Waals surface area contributed by atoms with Gasteiger partial charge in [-0.25, -0.2) is 0 Å². The van der Waals surface area contributed by atoms with Gasteiger partial charge in [0.15, 0.2) is 0 Å². The van der Waals surface area contributed by atoms with Crippen LogP contribution < -0.4 is 0 Å². The van der Waals surface area contributed by atoms with Crippen molar-refractivity contribution >= 4 is 6.29 Å². The highest BCUT2D eigenvalue weighted by molar-refractivity contribution is 5.72. The van der Waals surface area contributed by atoms with Crippen molar-refractivity contribution in [3.8, 4) is 0 Å². The third-order valence-electron chi connectivity index (χ3n) is 2.00. The second kappa shape index (κ2) is 6.84. The molecular formula is C11H18O. The molecule has 0 heterocycles. The normalized spacial score (nSPS) is 14.0. The second-order valence-electron chi connectivity index (χ2n) is 2.91. The van der Waals surface area contributed by atoms with Crippen LogP contribution in [-0.4, -0.2) is 6.29 Å². The van der Waals surface area contributed by atoms with Crippen molar-refractivity contribution in [1.82, 2.24) is 0 Å². The molecule has 0 aromatic heterocycles. The maximum absolute atomic E-state index is 10.5. The summed E-state index contributed by atoms with van der Waals surface area (Å²) in [4.78, 5) is 10.5. The van der Waals surface area contributed by atoms with E-state index in [0.29, 0.717) is 5.92 Å². The van der Waals surface area contributed by atoms with Gasteiger partial charge < -0.3 is 0 Å². The summed E-state index contributed by atoms with van der Waals surface area (Å²) < 4.78 is 0. The average molecular weight is 166 g/mol. The van der Waals surface area contributed by atoms with E-state index in [1.165, 1.54) is 0 Å². The molecule has 0 N–H and O–H groups in total. The van der Waals surface area contributed by atoms with Gasteiger partial charge in [0.05, 0.1) is 0 Å². The molecule has 1 heteroatoms. The molecule has 1 unspecified atom stereocenters. The largest absolute Gasteiger partial charge is 0.298 e. The Bertz CT molecular complexity index is 168. The molecule has 0 saturated heterocycles. The zero-order chi connectivity index (χ0) is 9.40.